The number of nitrogens with one attached hydrogen (secondary N) is 1. The molecule has 0 spiro atoms. The number of carbonyl (C=O) groups excluding carboxylic acids is 1. The van der Waals surface area contributed by atoms with Crippen LogP contribution in [0, 0.1) is 0 Å². The topological polar surface area (TPSA) is 59.8 Å². The van der Waals surface area contributed by atoms with Gasteiger partial charge in [0.05, 0.1) is 5.75 Å². The Morgan fingerprint density at radius 2 is 2.10 bits per heavy atom. The number of hydrogen-bond donors (Lipinski definition) is 1. The van der Waals surface area contributed by atoms with Crippen LogP contribution in [0.1, 0.15) is 25.5 Å². The molecule has 0 saturated heterocycles. The summed E-state index contributed by atoms with van der Waals surface area (Å²) in [5.41, 5.74) is 1.02. The lowest BCUT2D eigenvalue weighted by Crippen LogP contribution is -2.24. The van der Waals surface area contributed by atoms with E-state index in [0.29, 0.717) is 17.3 Å². The van der Waals surface area contributed by atoms with Crippen molar-refractivity contribution in [2.75, 3.05) is 5.75 Å². The van der Waals surface area contributed by atoms with Crippen LogP contribution in [0.3, 0.4) is 0 Å². The highest BCUT2D eigenvalue weighted by Crippen LogP contribution is 2.18. The first-order valence-corrected chi connectivity index (χ1v) is 7.96. The van der Waals surface area contributed by atoms with Gasteiger partial charge >= 0.3 is 0 Å². The van der Waals surface area contributed by atoms with Crippen LogP contribution in [0.2, 0.25) is 5.02 Å². The third kappa shape index (κ3) is 4.75. The second kappa shape index (κ2) is 7.47. The summed E-state index contributed by atoms with van der Waals surface area (Å²) >= 11 is 7.20. The van der Waals surface area contributed by atoms with E-state index in [1.54, 1.807) is 6.33 Å². The van der Waals surface area contributed by atoms with Gasteiger partial charge in [-0.1, -0.05) is 35.5 Å². The van der Waals surface area contributed by atoms with E-state index >= 15 is 0 Å². The predicted molar refractivity (Wildman–Crippen MR) is 84.4 cm³/mol. The summed E-state index contributed by atoms with van der Waals surface area (Å²) in [6, 6.07) is 7.68. The molecule has 1 aromatic carbocycles. The summed E-state index contributed by atoms with van der Waals surface area (Å²) in [6.07, 6.45) is 1.68. The Morgan fingerprint density at radius 3 is 2.76 bits per heavy atom. The van der Waals surface area contributed by atoms with Gasteiger partial charge in [-0.2, -0.15) is 0 Å². The molecule has 0 aliphatic carbocycles. The van der Waals surface area contributed by atoms with E-state index in [-0.39, 0.29) is 11.9 Å². The lowest BCUT2D eigenvalue weighted by molar-refractivity contribution is -0.118. The van der Waals surface area contributed by atoms with Crippen molar-refractivity contribution < 1.29 is 4.79 Å². The Bertz CT molecular complexity index is 597. The zero-order valence-electron chi connectivity index (χ0n) is 11.9. The fraction of sp³-hybridized carbons (Fsp3) is 0.357. The zero-order valence-corrected chi connectivity index (χ0v) is 13.5. The number of halogens is 1. The maximum absolute atomic E-state index is 11.8. The summed E-state index contributed by atoms with van der Waals surface area (Å²) in [7, 11) is 0. The van der Waals surface area contributed by atoms with Crippen LogP contribution < -0.4 is 5.32 Å². The Kier molecular flexibility index (Phi) is 5.64. The van der Waals surface area contributed by atoms with Gasteiger partial charge in [-0.15, -0.1) is 10.2 Å². The third-order valence-corrected chi connectivity index (χ3v) is 4.04. The molecular weight excluding hydrogens is 308 g/mol. The van der Waals surface area contributed by atoms with Crippen molar-refractivity contribution in [3.63, 3.8) is 0 Å². The molecular formula is C14H17ClN4OS. The number of aromatic nitrogens is 3. The summed E-state index contributed by atoms with van der Waals surface area (Å²) in [6.45, 7) is 4.59. The molecule has 0 radical (unpaired) electrons. The SMILES string of the molecule is CC(C)n1cnnc1SCC(=O)NCc1ccc(Cl)cc1. The maximum Gasteiger partial charge on any atom is 0.230 e. The van der Waals surface area contributed by atoms with Gasteiger partial charge in [0, 0.05) is 17.6 Å². The molecule has 2 rings (SSSR count). The second-order valence-electron chi connectivity index (χ2n) is 4.81. The van der Waals surface area contributed by atoms with E-state index in [9.17, 15) is 4.79 Å². The molecule has 0 unspecified atom stereocenters. The number of nitrogens with zero attached hydrogens (tertiary/aromatic N) is 3. The monoisotopic (exact) mass is 324 g/mol. The fourth-order valence-corrected chi connectivity index (χ4v) is 2.67. The largest absolute Gasteiger partial charge is 0.351 e. The fourth-order valence-electron chi connectivity index (χ4n) is 1.67. The van der Waals surface area contributed by atoms with Crippen LogP contribution in [0.25, 0.3) is 0 Å². The molecule has 0 saturated carbocycles. The summed E-state index contributed by atoms with van der Waals surface area (Å²) in [5, 5.41) is 12.2. The molecule has 0 atom stereocenters. The number of benzene rings is 1. The number of amides is 1. The molecule has 1 amide bonds. The van der Waals surface area contributed by atoms with Crippen molar-refractivity contribution >= 4 is 29.3 Å². The Hall–Kier alpha value is -1.53. The number of rotatable bonds is 6. The van der Waals surface area contributed by atoms with E-state index in [1.807, 2.05) is 42.7 Å². The van der Waals surface area contributed by atoms with Crippen molar-refractivity contribution in [3.8, 4) is 0 Å². The molecule has 0 aliphatic rings. The Balaban J connectivity index is 1.79. The molecule has 112 valence electrons. The van der Waals surface area contributed by atoms with Crippen molar-refractivity contribution in [2.24, 2.45) is 0 Å². The Morgan fingerprint density at radius 1 is 1.38 bits per heavy atom. The molecule has 7 heteroatoms. The molecule has 2 aromatic rings. The summed E-state index contributed by atoms with van der Waals surface area (Å²) in [5.74, 6) is 0.284. The van der Waals surface area contributed by atoms with Gasteiger partial charge in [0.1, 0.15) is 6.33 Å². The molecule has 5 nitrogen and oxygen atoms in total. The van der Waals surface area contributed by atoms with E-state index in [0.717, 1.165) is 10.7 Å². The minimum atomic E-state index is -0.0340. The molecule has 0 aliphatic heterocycles. The average Bonchev–Trinajstić information content (AvgIpc) is 2.93. The van der Waals surface area contributed by atoms with E-state index in [1.165, 1.54) is 11.8 Å². The quantitative estimate of drug-likeness (QED) is 0.830. The Labute approximate surface area is 133 Å². The highest BCUT2D eigenvalue weighted by Gasteiger charge is 2.10. The van der Waals surface area contributed by atoms with E-state index in [2.05, 4.69) is 15.5 Å². The number of carbonyl (C=O) groups is 1. The third-order valence-electron chi connectivity index (χ3n) is 2.83. The minimum absolute atomic E-state index is 0.0340. The maximum atomic E-state index is 11.8. The first-order chi connectivity index (χ1) is 10.1. The van der Waals surface area contributed by atoms with Gasteiger partial charge in [0.25, 0.3) is 0 Å². The molecule has 0 fully saturated rings. The number of thioether (sulfide) groups is 1. The van der Waals surface area contributed by atoms with Crippen LogP contribution in [-0.2, 0) is 11.3 Å². The lowest BCUT2D eigenvalue weighted by Gasteiger charge is -2.09. The second-order valence-corrected chi connectivity index (χ2v) is 6.19. The van der Waals surface area contributed by atoms with Gasteiger partial charge < -0.3 is 9.88 Å². The van der Waals surface area contributed by atoms with Gasteiger partial charge in [-0.3, -0.25) is 4.79 Å². The van der Waals surface area contributed by atoms with Crippen LogP contribution in [0.5, 0.6) is 0 Å². The molecule has 21 heavy (non-hydrogen) atoms. The normalized spacial score (nSPS) is 10.9. The van der Waals surface area contributed by atoms with Crippen molar-refractivity contribution in [3.05, 3.63) is 41.2 Å². The van der Waals surface area contributed by atoms with Crippen LogP contribution in [0.4, 0.5) is 0 Å². The highest BCUT2D eigenvalue weighted by molar-refractivity contribution is 7.99. The van der Waals surface area contributed by atoms with Gasteiger partial charge in [0.15, 0.2) is 5.16 Å². The number of hydrogen-bond acceptors (Lipinski definition) is 4. The highest BCUT2D eigenvalue weighted by atomic mass is 35.5. The first kappa shape index (κ1) is 15.9. The van der Waals surface area contributed by atoms with Gasteiger partial charge in [-0.05, 0) is 31.5 Å². The average molecular weight is 325 g/mol. The van der Waals surface area contributed by atoms with Crippen molar-refractivity contribution in [2.45, 2.75) is 31.6 Å². The van der Waals surface area contributed by atoms with E-state index < -0.39 is 0 Å². The van der Waals surface area contributed by atoms with Crippen LogP contribution in [0.15, 0.2) is 35.7 Å². The summed E-state index contributed by atoms with van der Waals surface area (Å²) in [4.78, 5) is 11.8. The van der Waals surface area contributed by atoms with Gasteiger partial charge in [0.2, 0.25) is 5.91 Å². The first-order valence-electron chi connectivity index (χ1n) is 6.59. The predicted octanol–water partition coefficient (Wildman–Crippen LogP) is 2.92. The van der Waals surface area contributed by atoms with Crippen LogP contribution >= 0.6 is 23.4 Å². The van der Waals surface area contributed by atoms with Crippen LogP contribution in [-0.4, -0.2) is 26.4 Å². The lowest BCUT2D eigenvalue weighted by atomic mass is 10.2. The molecule has 1 N–H and O–H groups in total. The zero-order chi connectivity index (χ0) is 15.2. The van der Waals surface area contributed by atoms with Gasteiger partial charge in [-0.25, -0.2) is 0 Å². The minimum Gasteiger partial charge on any atom is -0.351 e. The molecule has 1 aromatic heterocycles. The summed E-state index contributed by atoms with van der Waals surface area (Å²) < 4.78 is 1.94. The van der Waals surface area contributed by atoms with Crippen molar-refractivity contribution in [1.29, 1.82) is 0 Å². The molecule has 0 bridgehead atoms. The van der Waals surface area contributed by atoms with Crippen molar-refractivity contribution in [1.82, 2.24) is 20.1 Å². The van der Waals surface area contributed by atoms with E-state index in [4.69, 9.17) is 11.6 Å². The standard InChI is InChI=1S/C14H17ClN4OS/c1-10(2)19-9-17-18-14(19)21-8-13(20)16-7-11-3-5-12(15)6-4-11/h3-6,9-10H,7-8H2,1-2H3,(H,16,20). The smallest absolute Gasteiger partial charge is 0.230 e. The molecule has 1 heterocycles.